The lowest BCUT2D eigenvalue weighted by Gasteiger charge is -2.15. The van der Waals surface area contributed by atoms with Gasteiger partial charge in [-0.15, -0.1) is 11.3 Å². The molecule has 2 amide bonds. The topological polar surface area (TPSA) is 62.3 Å². The van der Waals surface area contributed by atoms with Crippen molar-refractivity contribution >= 4 is 45.6 Å². The zero-order valence-electron chi connectivity index (χ0n) is 14.5. The molecule has 7 heteroatoms. The summed E-state index contributed by atoms with van der Waals surface area (Å²) in [5.74, 6) is -0.214. The summed E-state index contributed by atoms with van der Waals surface area (Å²) in [6, 6.07) is 12.8. The number of hydrogen-bond donors (Lipinski definition) is 1. The summed E-state index contributed by atoms with van der Waals surface area (Å²) >= 11 is 7.29. The third-order valence-electron chi connectivity index (χ3n) is 4.47. The summed E-state index contributed by atoms with van der Waals surface area (Å²) in [5.41, 5.74) is 4.27. The van der Waals surface area contributed by atoms with Crippen LogP contribution in [-0.4, -0.2) is 23.3 Å². The Hall–Kier alpha value is -2.70. The number of nitrogens with zero attached hydrogens (tertiary/aromatic N) is 2. The minimum Gasteiger partial charge on any atom is -0.312 e. The van der Waals surface area contributed by atoms with Gasteiger partial charge in [-0.3, -0.25) is 14.9 Å². The highest BCUT2D eigenvalue weighted by atomic mass is 35.5. The number of benzene rings is 2. The van der Waals surface area contributed by atoms with Gasteiger partial charge in [0.2, 0.25) is 5.91 Å². The van der Waals surface area contributed by atoms with Crippen LogP contribution in [0.5, 0.6) is 0 Å². The van der Waals surface area contributed by atoms with Gasteiger partial charge in [0, 0.05) is 40.7 Å². The van der Waals surface area contributed by atoms with Crippen LogP contribution in [0.25, 0.3) is 11.3 Å². The number of amides is 2. The summed E-state index contributed by atoms with van der Waals surface area (Å²) in [5, 5.41) is 5.71. The quantitative estimate of drug-likeness (QED) is 0.701. The smallest absolute Gasteiger partial charge is 0.257 e. The molecule has 5 nitrogen and oxygen atoms in total. The Labute approximate surface area is 165 Å². The van der Waals surface area contributed by atoms with E-state index in [1.807, 2.05) is 23.6 Å². The summed E-state index contributed by atoms with van der Waals surface area (Å²) in [4.78, 5) is 30.4. The van der Waals surface area contributed by atoms with Gasteiger partial charge in [0.05, 0.1) is 5.69 Å². The molecule has 0 bridgehead atoms. The molecule has 0 spiro atoms. The molecule has 1 N–H and O–H groups in total. The molecule has 3 aromatic rings. The fourth-order valence-electron chi connectivity index (χ4n) is 3.13. The van der Waals surface area contributed by atoms with Crippen molar-refractivity contribution in [3.05, 3.63) is 64.0 Å². The molecule has 2 heterocycles. The van der Waals surface area contributed by atoms with Gasteiger partial charge in [-0.2, -0.15) is 0 Å². The highest BCUT2D eigenvalue weighted by Gasteiger charge is 2.23. The van der Waals surface area contributed by atoms with E-state index in [1.165, 1.54) is 16.9 Å². The highest BCUT2D eigenvalue weighted by Crippen LogP contribution is 2.34. The molecular formula is C20H16ClN3O2S. The number of nitrogens with one attached hydrogen (secondary N) is 1. The van der Waals surface area contributed by atoms with Gasteiger partial charge in [-0.1, -0.05) is 29.8 Å². The van der Waals surface area contributed by atoms with Crippen LogP contribution in [0.15, 0.2) is 47.8 Å². The van der Waals surface area contributed by atoms with E-state index in [9.17, 15) is 9.59 Å². The van der Waals surface area contributed by atoms with E-state index >= 15 is 0 Å². The number of anilines is 2. The van der Waals surface area contributed by atoms with Crippen molar-refractivity contribution in [2.75, 3.05) is 16.8 Å². The van der Waals surface area contributed by atoms with Crippen molar-refractivity contribution in [1.29, 1.82) is 0 Å². The fourth-order valence-corrected chi connectivity index (χ4v) is 4.03. The van der Waals surface area contributed by atoms with Crippen molar-refractivity contribution in [2.45, 2.75) is 13.3 Å². The average Bonchev–Trinajstić information content (AvgIpc) is 3.27. The SMILES string of the molecule is CC(=O)N1CCc2ccc(-c3csc(NC(=O)c4cccc(Cl)c4)n3)cc21. The first-order valence-corrected chi connectivity index (χ1v) is 9.71. The van der Waals surface area contributed by atoms with Gasteiger partial charge in [0.1, 0.15) is 0 Å². The van der Waals surface area contributed by atoms with Crippen molar-refractivity contribution in [2.24, 2.45) is 0 Å². The van der Waals surface area contributed by atoms with Gasteiger partial charge in [-0.25, -0.2) is 4.98 Å². The van der Waals surface area contributed by atoms with E-state index in [0.717, 1.165) is 23.4 Å². The maximum Gasteiger partial charge on any atom is 0.257 e. The van der Waals surface area contributed by atoms with Crippen molar-refractivity contribution in [1.82, 2.24) is 4.98 Å². The molecule has 2 aromatic carbocycles. The Kier molecular flexibility index (Phi) is 4.68. The monoisotopic (exact) mass is 397 g/mol. The zero-order valence-corrected chi connectivity index (χ0v) is 16.1. The normalized spacial score (nSPS) is 12.7. The number of rotatable bonds is 3. The van der Waals surface area contributed by atoms with Crippen LogP contribution in [0.1, 0.15) is 22.8 Å². The van der Waals surface area contributed by atoms with E-state index in [4.69, 9.17) is 11.6 Å². The summed E-state index contributed by atoms with van der Waals surface area (Å²) in [7, 11) is 0. The van der Waals surface area contributed by atoms with E-state index in [1.54, 1.807) is 36.1 Å². The van der Waals surface area contributed by atoms with Crippen LogP contribution in [0.4, 0.5) is 10.8 Å². The molecule has 4 rings (SSSR count). The molecule has 0 saturated carbocycles. The van der Waals surface area contributed by atoms with Crippen molar-refractivity contribution in [3.8, 4) is 11.3 Å². The molecule has 1 aromatic heterocycles. The maximum atomic E-state index is 12.3. The molecule has 0 radical (unpaired) electrons. The molecule has 1 aliphatic heterocycles. The molecule has 27 heavy (non-hydrogen) atoms. The minimum atomic E-state index is -0.255. The average molecular weight is 398 g/mol. The molecule has 0 atom stereocenters. The number of carbonyl (C=O) groups is 2. The summed E-state index contributed by atoms with van der Waals surface area (Å²) in [6.45, 7) is 2.29. The Balaban J connectivity index is 1.56. The molecular weight excluding hydrogens is 382 g/mol. The van der Waals surface area contributed by atoms with E-state index in [-0.39, 0.29) is 11.8 Å². The van der Waals surface area contributed by atoms with Crippen LogP contribution >= 0.6 is 22.9 Å². The standard InChI is InChI=1S/C20H16ClN3O2S/c1-12(25)24-8-7-13-5-6-14(10-18(13)24)17-11-27-20(22-17)23-19(26)15-3-2-4-16(21)9-15/h2-6,9-11H,7-8H2,1H3,(H,22,23,26). The minimum absolute atomic E-state index is 0.0404. The summed E-state index contributed by atoms with van der Waals surface area (Å²) in [6.07, 6.45) is 0.868. The van der Waals surface area contributed by atoms with Gasteiger partial charge < -0.3 is 4.90 Å². The second kappa shape index (κ2) is 7.13. The third kappa shape index (κ3) is 3.59. The zero-order chi connectivity index (χ0) is 19.0. The van der Waals surface area contributed by atoms with E-state index in [0.29, 0.717) is 22.3 Å². The lowest BCUT2D eigenvalue weighted by atomic mass is 10.1. The predicted octanol–water partition coefficient (Wildman–Crippen LogP) is 4.62. The maximum absolute atomic E-state index is 12.3. The second-order valence-electron chi connectivity index (χ2n) is 6.27. The van der Waals surface area contributed by atoms with E-state index < -0.39 is 0 Å². The number of hydrogen-bond acceptors (Lipinski definition) is 4. The first-order chi connectivity index (χ1) is 13.0. The van der Waals surface area contributed by atoms with Crippen LogP contribution in [0, 0.1) is 0 Å². The van der Waals surface area contributed by atoms with Crippen LogP contribution in [-0.2, 0) is 11.2 Å². The number of thiazole rings is 1. The lowest BCUT2D eigenvalue weighted by Crippen LogP contribution is -2.25. The lowest BCUT2D eigenvalue weighted by molar-refractivity contribution is -0.116. The van der Waals surface area contributed by atoms with Crippen LogP contribution < -0.4 is 10.2 Å². The third-order valence-corrected chi connectivity index (χ3v) is 5.46. The first kappa shape index (κ1) is 17.7. The fraction of sp³-hybridized carbons (Fsp3) is 0.150. The predicted molar refractivity (Wildman–Crippen MR) is 109 cm³/mol. The van der Waals surface area contributed by atoms with Gasteiger partial charge in [-0.05, 0) is 36.2 Å². The summed E-state index contributed by atoms with van der Waals surface area (Å²) < 4.78 is 0. The number of aromatic nitrogens is 1. The Bertz CT molecular complexity index is 1050. The van der Waals surface area contributed by atoms with E-state index in [2.05, 4.69) is 10.3 Å². The van der Waals surface area contributed by atoms with Crippen LogP contribution in [0.3, 0.4) is 0 Å². The van der Waals surface area contributed by atoms with Crippen LogP contribution in [0.2, 0.25) is 5.02 Å². The first-order valence-electron chi connectivity index (χ1n) is 8.45. The molecule has 136 valence electrons. The second-order valence-corrected chi connectivity index (χ2v) is 7.56. The van der Waals surface area contributed by atoms with Crippen molar-refractivity contribution in [3.63, 3.8) is 0 Å². The van der Waals surface area contributed by atoms with Crippen molar-refractivity contribution < 1.29 is 9.59 Å². The Morgan fingerprint density at radius 3 is 2.85 bits per heavy atom. The Morgan fingerprint density at radius 1 is 1.22 bits per heavy atom. The molecule has 0 fully saturated rings. The molecule has 1 aliphatic rings. The Morgan fingerprint density at radius 2 is 2.07 bits per heavy atom. The molecule has 0 saturated heterocycles. The number of fused-ring (bicyclic) bond motifs is 1. The number of carbonyl (C=O) groups excluding carboxylic acids is 2. The van der Waals surface area contributed by atoms with Gasteiger partial charge >= 0.3 is 0 Å². The molecule has 0 aliphatic carbocycles. The number of halogens is 1. The van der Waals surface area contributed by atoms with Gasteiger partial charge in [0.25, 0.3) is 5.91 Å². The van der Waals surface area contributed by atoms with Gasteiger partial charge in [0.15, 0.2) is 5.13 Å². The largest absolute Gasteiger partial charge is 0.312 e. The molecule has 0 unspecified atom stereocenters. The highest BCUT2D eigenvalue weighted by molar-refractivity contribution is 7.14.